The number of rotatable bonds is 33. The Labute approximate surface area is 564 Å². The highest BCUT2D eigenvalue weighted by Gasteiger charge is 2.17. The third kappa shape index (κ3) is 23.9. The molecule has 504 valence electrons. The van der Waals surface area contributed by atoms with Gasteiger partial charge in [0.1, 0.15) is 0 Å². The molecular formula is C69H78N12O12S3. The van der Waals surface area contributed by atoms with Crippen LogP contribution in [0, 0.1) is 0 Å². The lowest BCUT2D eigenvalue weighted by Gasteiger charge is -2.07. The van der Waals surface area contributed by atoms with Gasteiger partial charge < -0.3 is 33.2 Å². The summed E-state index contributed by atoms with van der Waals surface area (Å²) in [7, 11) is 0. The second kappa shape index (κ2) is 38.1. The van der Waals surface area contributed by atoms with Gasteiger partial charge in [-0.15, -0.1) is 0 Å². The van der Waals surface area contributed by atoms with Gasteiger partial charge in [0.05, 0.1) is 36.7 Å². The molecule has 0 saturated carbocycles. The number of carbonyl (C=O) groups excluding carboxylic acids is 6. The van der Waals surface area contributed by atoms with E-state index in [1.807, 2.05) is 91.0 Å². The number of carbonyl (C=O) groups is 6. The molecule has 0 saturated heterocycles. The van der Waals surface area contributed by atoms with Gasteiger partial charge in [-0.1, -0.05) is 130 Å². The summed E-state index contributed by atoms with van der Waals surface area (Å²) in [5, 5.41) is 8.46. The number of amides is 6. The number of aromatic nitrogens is 6. The maximum Gasteiger partial charge on any atom is 0.346 e. The summed E-state index contributed by atoms with van der Waals surface area (Å²) >= 11 is 2.54. The van der Waals surface area contributed by atoms with Gasteiger partial charge in [0.25, 0.3) is 0 Å². The Bertz CT molecular complexity index is 4380. The van der Waals surface area contributed by atoms with Gasteiger partial charge >= 0.3 is 31.7 Å². The van der Waals surface area contributed by atoms with E-state index in [1.165, 1.54) is 25.6 Å². The number of anilines is 3. The minimum absolute atomic E-state index is 0.0580. The standard InChI is InChI=1S/C25H30N4O4S.C23H26N4O4S.C21H22N4O4S/c26-22(30)12-8-3-1-2-4-9-13-23(31)27-20-14-16-21(17-15-20)29-24(32)28(25(33)34-29)18-19-10-6-5-7-11-19;24-20(28)10-6-1-2-7-11-21(29)25-18-12-14-19(15-13-18)27-22(30)26(23(31)32-27)16-17-8-4-3-5-9-17;22-18(26)8-4-5-9-19(27)23-16-10-12-17(13-11-16)25-20(28)24(21(29)30-25)14-15-6-2-1-3-7-15/h5-7,10-11,14-17H,1-4,8-9,12-13,18H2,(H2,26,30)(H,27,31);3-5,8-9,12-15H,1-2,6-7,10-11,16H2,(H2,24,28)(H,25,29);1-3,6-7,10-13H,4-5,8-9,14H2,(H2,22,26)(H,23,27). The van der Waals surface area contributed by atoms with Crippen molar-refractivity contribution in [1.82, 2.24) is 25.6 Å². The van der Waals surface area contributed by atoms with Crippen molar-refractivity contribution in [2.75, 3.05) is 16.0 Å². The average Bonchev–Trinajstić information content (AvgIpc) is 1.67. The first-order valence-electron chi connectivity index (χ1n) is 31.5. The van der Waals surface area contributed by atoms with Crippen LogP contribution in [0.25, 0.3) is 17.1 Å². The largest absolute Gasteiger partial charge is 0.370 e. The highest BCUT2D eigenvalue weighted by atomic mass is 32.1. The van der Waals surface area contributed by atoms with E-state index >= 15 is 0 Å². The van der Waals surface area contributed by atoms with Crippen LogP contribution < -0.4 is 64.8 Å². The molecule has 0 radical (unpaired) electrons. The first-order chi connectivity index (χ1) is 46.3. The molecule has 0 fully saturated rings. The lowest BCUT2D eigenvalue weighted by molar-refractivity contribution is -0.119. The first-order valence-corrected chi connectivity index (χ1v) is 33.8. The minimum atomic E-state index is -0.403. The van der Waals surface area contributed by atoms with Gasteiger partial charge in [-0.05, 0) is 128 Å². The molecule has 6 amide bonds. The quantitative estimate of drug-likeness (QED) is 0.0211. The molecule has 9 N–H and O–H groups in total. The molecule has 3 heterocycles. The van der Waals surface area contributed by atoms with E-state index in [-0.39, 0.29) is 81.8 Å². The van der Waals surface area contributed by atoms with Crippen molar-refractivity contribution in [3.05, 3.63) is 241 Å². The third-order valence-electron chi connectivity index (χ3n) is 14.8. The van der Waals surface area contributed by atoms with Crippen LogP contribution in [0.3, 0.4) is 0 Å². The Morgan fingerprint density at radius 1 is 0.292 bits per heavy atom. The number of nitrogens with zero attached hydrogens (tertiary/aromatic N) is 6. The number of nitrogens with one attached hydrogen (secondary N) is 3. The number of nitrogens with two attached hydrogens (primary N) is 3. The predicted molar refractivity (Wildman–Crippen MR) is 376 cm³/mol. The van der Waals surface area contributed by atoms with E-state index in [0.29, 0.717) is 79.1 Å². The van der Waals surface area contributed by atoms with Gasteiger partial charge in [-0.3, -0.25) is 43.2 Å². The second-order valence-corrected chi connectivity index (χ2v) is 25.1. The lowest BCUT2D eigenvalue weighted by Crippen LogP contribution is -2.28. The molecule has 9 rings (SSSR count). The van der Waals surface area contributed by atoms with Crippen LogP contribution in [0.1, 0.15) is 132 Å². The summed E-state index contributed by atoms with van der Waals surface area (Å²) < 4.78 is 7.66. The number of hydrogen-bond acceptors (Lipinski definition) is 15. The molecule has 96 heavy (non-hydrogen) atoms. The Morgan fingerprint density at radius 2 is 0.510 bits per heavy atom. The first kappa shape index (κ1) is 73.0. The van der Waals surface area contributed by atoms with Crippen molar-refractivity contribution in [2.45, 2.75) is 135 Å². The maximum absolute atomic E-state index is 12.8. The van der Waals surface area contributed by atoms with Crippen LogP contribution >= 0.6 is 34.6 Å². The summed E-state index contributed by atoms with van der Waals surface area (Å²) in [5.41, 5.74) is 20.3. The normalized spacial score (nSPS) is 10.8. The molecule has 3 aromatic heterocycles. The van der Waals surface area contributed by atoms with E-state index < -0.39 is 11.4 Å². The monoisotopic (exact) mass is 1360 g/mol. The van der Waals surface area contributed by atoms with Crippen molar-refractivity contribution in [3.63, 3.8) is 0 Å². The molecule has 0 aliphatic heterocycles. The Morgan fingerprint density at radius 3 is 0.760 bits per heavy atom. The smallest absolute Gasteiger partial charge is 0.346 e. The van der Waals surface area contributed by atoms with Gasteiger partial charge in [0, 0.05) is 90.2 Å². The highest BCUT2D eigenvalue weighted by molar-refractivity contribution is 7.04. The van der Waals surface area contributed by atoms with Crippen LogP contribution in [-0.4, -0.2) is 61.0 Å². The van der Waals surface area contributed by atoms with Crippen LogP contribution in [-0.2, 0) is 48.4 Å². The van der Waals surface area contributed by atoms with Crippen LogP contribution in [0.5, 0.6) is 0 Å². The van der Waals surface area contributed by atoms with E-state index in [4.69, 9.17) is 17.2 Å². The summed E-state index contributed by atoms with van der Waals surface area (Å²) in [4.78, 5) is 143. The predicted octanol–water partition coefficient (Wildman–Crippen LogP) is 8.62. The van der Waals surface area contributed by atoms with Gasteiger partial charge in [-0.2, -0.15) is 0 Å². The molecule has 0 bridgehead atoms. The fraction of sp³-hybridized carbons (Fsp3) is 0.304. The van der Waals surface area contributed by atoms with E-state index in [0.717, 1.165) is 115 Å². The van der Waals surface area contributed by atoms with Gasteiger partial charge in [0.2, 0.25) is 35.4 Å². The Balaban J connectivity index is 0.000000204. The Hall–Kier alpha value is -10.4. The maximum atomic E-state index is 12.8. The molecule has 0 spiro atoms. The zero-order valence-electron chi connectivity index (χ0n) is 53.0. The van der Waals surface area contributed by atoms with Crippen molar-refractivity contribution in [3.8, 4) is 17.1 Å². The summed E-state index contributed by atoms with van der Waals surface area (Å²) in [6.07, 6.45) is 12.2. The van der Waals surface area contributed by atoms with Crippen molar-refractivity contribution in [2.24, 2.45) is 17.2 Å². The van der Waals surface area contributed by atoms with Crippen LogP contribution in [0.2, 0.25) is 0 Å². The second-order valence-electron chi connectivity index (χ2n) is 22.4. The highest BCUT2D eigenvalue weighted by Crippen LogP contribution is 2.19. The average molecular weight is 1360 g/mol. The fourth-order valence-corrected chi connectivity index (χ4v) is 12.2. The zero-order valence-corrected chi connectivity index (χ0v) is 55.4. The molecule has 0 aliphatic rings. The van der Waals surface area contributed by atoms with Crippen molar-refractivity contribution >= 4 is 87.1 Å². The minimum Gasteiger partial charge on any atom is -0.370 e. The molecule has 0 unspecified atom stereocenters. The van der Waals surface area contributed by atoms with Gasteiger partial charge in [-0.25, -0.2) is 40.0 Å². The van der Waals surface area contributed by atoms with Crippen LogP contribution in [0.15, 0.2) is 193 Å². The zero-order chi connectivity index (χ0) is 68.8. The number of hydrogen-bond donors (Lipinski definition) is 6. The summed E-state index contributed by atoms with van der Waals surface area (Å²) in [6.45, 7) is 0.661. The Kier molecular flexibility index (Phi) is 29.0. The van der Waals surface area contributed by atoms with E-state index in [2.05, 4.69) is 16.0 Å². The summed E-state index contributed by atoms with van der Waals surface area (Å²) in [6, 6.07) is 48.4. The molecule has 9 aromatic rings. The molecule has 0 atom stereocenters. The van der Waals surface area contributed by atoms with E-state index in [9.17, 15) is 57.5 Å². The van der Waals surface area contributed by atoms with Gasteiger partial charge in [0.15, 0.2) is 0 Å². The molecule has 24 nitrogen and oxygen atoms in total. The molecule has 27 heteroatoms. The molecule has 0 aliphatic carbocycles. The van der Waals surface area contributed by atoms with Crippen molar-refractivity contribution in [1.29, 1.82) is 0 Å². The van der Waals surface area contributed by atoms with Crippen LogP contribution in [0.4, 0.5) is 17.1 Å². The number of primary amides is 3. The topological polar surface area (TPSA) is 349 Å². The number of unbranched alkanes of at least 4 members (excludes halogenated alkanes) is 9. The third-order valence-corrected chi connectivity index (χ3v) is 17.6. The molecular weight excluding hydrogens is 1290 g/mol. The summed E-state index contributed by atoms with van der Waals surface area (Å²) in [5.74, 6) is -1.24. The van der Waals surface area contributed by atoms with E-state index in [1.54, 1.807) is 72.8 Å². The lowest BCUT2D eigenvalue weighted by atomic mass is 10.1. The SMILES string of the molecule is NC(=O)CCCCC(=O)Nc1ccc(-n2sc(=O)n(Cc3ccccc3)c2=O)cc1.NC(=O)CCCCCCC(=O)Nc1ccc(-n2sc(=O)n(Cc3ccccc3)c2=O)cc1.NC(=O)CCCCCCCCC(=O)Nc1ccc(-n2sc(=O)n(Cc3ccccc3)c2=O)cc1. The van der Waals surface area contributed by atoms with Crippen molar-refractivity contribution < 1.29 is 28.8 Å². The fourth-order valence-electron chi connectivity index (χ4n) is 9.77. The number of benzene rings is 6. The molecule has 6 aromatic carbocycles.